The number of nitriles is 1. The predicted molar refractivity (Wildman–Crippen MR) is 109 cm³/mol. The summed E-state index contributed by atoms with van der Waals surface area (Å²) in [5.41, 5.74) is 3.78. The lowest BCUT2D eigenvalue weighted by Crippen LogP contribution is -2.36. The highest BCUT2D eigenvalue weighted by Crippen LogP contribution is 2.25. The molecule has 0 radical (unpaired) electrons. The first-order chi connectivity index (χ1) is 14.1. The van der Waals surface area contributed by atoms with E-state index in [0.717, 1.165) is 22.9 Å². The van der Waals surface area contributed by atoms with Crippen molar-refractivity contribution in [2.24, 2.45) is 0 Å². The molecule has 6 nitrogen and oxygen atoms in total. The van der Waals surface area contributed by atoms with E-state index in [4.69, 9.17) is 5.11 Å². The van der Waals surface area contributed by atoms with E-state index in [1.807, 2.05) is 48.5 Å². The zero-order valence-corrected chi connectivity index (χ0v) is 15.7. The molecular weight excluding hydrogens is 366 g/mol. The summed E-state index contributed by atoms with van der Waals surface area (Å²) in [6.07, 6.45) is 4.00. The highest BCUT2D eigenvalue weighted by molar-refractivity contribution is 6.04. The summed E-state index contributed by atoms with van der Waals surface area (Å²) in [6.45, 7) is 0.859. The maximum atomic E-state index is 13.0. The third-order valence-corrected chi connectivity index (χ3v) is 5.19. The Hall–Kier alpha value is -3.85. The van der Waals surface area contributed by atoms with Crippen LogP contribution in [0.2, 0.25) is 0 Å². The lowest BCUT2D eigenvalue weighted by Gasteiger charge is -2.28. The first-order valence-electron chi connectivity index (χ1n) is 9.34. The average molecular weight is 385 g/mol. The zero-order chi connectivity index (χ0) is 20.4. The van der Waals surface area contributed by atoms with E-state index in [9.17, 15) is 14.9 Å². The van der Waals surface area contributed by atoms with Crippen LogP contribution in [0.5, 0.6) is 0 Å². The summed E-state index contributed by atoms with van der Waals surface area (Å²) >= 11 is 0. The number of carboxylic acid groups (broad SMARTS) is 1. The number of para-hydroxylation sites is 1. The maximum absolute atomic E-state index is 13.0. The molecule has 144 valence electrons. The molecule has 2 aromatic carbocycles. The van der Waals surface area contributed by atoms with E-state index < -0.39 is 5.97 Å². The van der Waals surface area contributed by atoms with Gasteiger partial charge >= 0.3 is 5.97 Å². The Labute approximate surface area is 167 Å². The fourth-order valence-electron chi connectivity index (χ4n) is 3.80. The van der Waals surface area contributed by atoms with Gasteiger partial charge in [0.15, 0.2) is 0 Å². The molecule has 0 saturated carbocycles. The first kappa shape index (κ1) is 18.5. The number of rotatable bonds is 4. The first-order valence-corrected chi connectivity index (χ1v) is 9.34. The lowest BCUT2D eigenvalue weighted by molar-refractivity contribution is -0.137. The minimum Gasteiger partial charge on any atom is -0.480 e. The van der Waals surface area contributed by atoms with Crippen LogP contribution in [0.25, 0.3) is 17.0 Å². The van der Waals surface area contributed by atoms with E-state index in [1.54, 1.807) is 21.7 Å². The van der Waals surface area contributed by atoms with Crippen molar-refractivity contribution >= 4 is 28.9 Å². The Bertz CT molecular complexity index is 1180. The molecule has 1 amide bonds. The van der Waals surface area contributed by atoms with Crippen molar-refractivity contribution in [3.05, 3.63) is 77.0 Å². The number of aromatic nitrogens is 1. The molecule has 0 aliphatic carbocycles. The fraction of sp³-hybridized carbons (Fsp3) is 0.174. The van der Waals surface area contributed by atoms with Crippen molar-refractivity contribution in [3.63, 3.8) is 0 Å². The molecule has 2 heterocycles. The second kappa shape index (κ2) is 7.64. The van der Waals surface area contributed by atoms with E-state index in [1.165, 1.54) is 5.56 Å². The van der Waals surface area contributed by atoms with Crippen LogP contribution in [0, 0.1) is 11.3 Å². The molecule has 0 bridgehead atoms. The van der Waals surface area contributed by atoms with Gasteiger partial charge in [-0.15, -0.1) is 0 Å². The topological polar surface area (TPSA) is 86.3 Å². The van der Waals surface area contributed by atoms with Gasteiger partial charge in [-0.3, -0.25) is 9.59 Å². The number of hydrogen-bond donors (Lipinski definition) is 1. The van der Waals surface area contributed by atoms with Crippen LogP contribution in [-0.4, -0.2) is 33.0 Å². The molecule has 1 aromatic heterocycles. The number of benzene rings is 2. The molecule has 3 aromatic rings. The highest BCUT2D eigenvalue weighted by Gasteiger charge is 2.23. The second-order valence-corrected chi connectivity index (χ2v) is 7.04. The van der Waals surface area contributed by atoms with E-state index >= 15 is 0 Å². The summed E-state index contributed by atoms with van der Waals surface area (Å²) in [7, 11) is 0. The molecule has 0 fully saturated rings. The Morgan fingerprint density at radius 2 is 1.83 bits per heavy atom. The number of nitrogens with zero attached hydrogens (tertiary/aromatic N) is 3. The normalized spacial score (nSPS) is 13.8. The number of hydrogen-bond acceptors (Lipinski definition) is 3. The number of carboxylic acids is 1. The molecule has 0 unspecified atom stereocenters. The summed E-state index contributed by atoms with van der Waals surface area (Å²) in [6, 6.07) is 17.4. The summed E-state index contributed by atoms with van der Waals surface area (Å²) < 4.78 is 1.61. The van der Waals surface area contributed by atoms with Crippen molar-refractivity contribution in [3.8, 4) is 6.07 Å². The van der Waals surface area contributed by atoms with Gasteiger partial charge < -0.3 is 14.6 Å². The van der Waals surface area contributed by atoms with Gasteiger partial charge in [-0.25, -0.2) is 0 Å². The van der Waals surface area contributed by atoms with Crippen LogP contribution >= 0.6 is 0 Å². The monoisotopic (exact) mass is 385 g/mol. The summed E-state index contributed by atoms with van der Waals surface area (Å²) in [5.74, 6) is -1.26. The molecule has 1 aliphatic heterocycles. The van der Waals surface area contributed by atoms with Gasteiger partial charge in [-0.2, -0.15) is 5.26 Å². The van der Waals surface area contributed by atoms with Gasteiger partial charge in [0.05, 0.1) is 0 Å². The Kier molecular flexibility index (Phi) is 4.88. The van der Waals surface area contributed by atoms with Crippen LogP contribution in [0.15, 0.2) is 60.3 Å². The number of aliphatic carboxylic acids is 1. The van der Waals surface area contributed by atoms with Crippen molar-refractivity contribution < 1.29 is 14.7 Å². The van der Waals surface area contributed by atoms with Gasteiger partial charge in [-0.1, -0.05) is 42.5 Å². The van der Waals surface area contributed by atoms with Crippen LogP contribution < -0.4 is 0 Å². The average Bonchev–Trinajstić information content (AvgIpc) is 3.08. The third-order valence-electron chi connectivity index (χ3n) is 5.19. The molecular formula is C23H19N3O3. The Morgan fingerprint density at radius 1 is 1.10 bits per heavy atom. The molecule has 0 atom stereocenters. The fourth-order valence-corrected chi connectivity index (χ4v) is 3.80. The van der Waals surface area contributed by atoms with Crippen LogP contribution in [0.4, 0.5) is 0 Å². The minimum atomic E-state index is -0.954. The van der Waals surface area contributed by atoms with Gasteiger partial charge in [-0.05, 0) is 29.7 Å². The smallest absolute Gasteiger partial charge is 0.323 e. The Morgan fingerprint density at radius 3 is 2.59 bits per heavy atom. The highest BCUT2D eigenvalue weighted by atomic mass is 16.4. The number of fused-ring (bicyclic) bond motifs is 2. The van der Waals surface area contributed by atoms with E-state index in [-0.39, 0.29) is 18.0 Å². The number of carbonyl (C=O) groups is 2. The predicted octanol–water partition coefficient (Wildman–Crippen LogP) is 3.22. The molecule has 1 N–H and O–H groups in total. The molecule has 1 aliphatic rings. The lowest BCUT2D eigenvalue weighted by atomic mass is 9.99. The van der Waals surface area contributed by atoms with Crippen molar-refractivity contribution in [1.82, 2.24) is 9.47 Å². The summed E-state index contributed by atoms with van der Waals surface area (Å²) in [4.78, 5) is 25.9. The molecule has 0 saturated heterocycles. The second-order valence-electron chi connectivity index (χ2n) is 7.04. The molecule has 0 spiro atoms. The molecule has 4 rings (SSSR count). The number of carbonyl (C=O) groups excluding carboxylic acids is 1. The van der Waals surface area contributed by atoms with Crippen LogP contribution in [0.1, 0.15) is 16.7 Å². The largest absolute Gasteiger partial charge is 0.480 e. The third kappa shape index (κ3) is 3.63. The Balaban J connectivity index is 1.67. The maximum Gasteiger partial charge on any atom is 0.323 e. The minimum absolute atomic E-state index is 0.0441. The standard InChI is InChI=1S/C23H19N3O3/c24-12-18(23(29)25-10-9-16-5-1-2-6-17(16)13-25)11-19-14-26(15-22(27)28)21-8-4-3-7-20(19)21/h1-8,11,14H,9-10,13,15H2,(H,27,28)/b18-11+. The van der Waals surface area contributed by atoms with Gasteiger partial charge in [0.25, 0.3) is 5.91 Å². The SMILES string of the molecule is N#C/C(=C\c1cn(CC(=O)O)c2ccccc12)C(=O)N1CCc2ccccc2C1. The zero-order valence-electron chi connectivity index (χ0n) is 15.7. The van der Waals surface area contributed by atoms with Crippen LogP contribution in [-0.2, 0) is 29.1 Å². The summed E-state index contributed by atoms with van der Waals surface area (Å²) in [5, 5.41) is 19.6. The van der Waals surface area contributed by atoms with Gasteiger partial charge in [0.2, 0.25) is 0 Å². The van der Waals surface area contributed by atoms with Crippen molar-refractivity contribution in [2.75, 3.05) is 6.54 Å². The van der Waals surface area contributed by atoms with E-state index in [0.29, 0.717) is 18.7 Å². The van der Waals surface area contributed by atoms with Crippen molar-refractivity contribution in [1.29, 1.82) is 5.26 Å². The van der Waals surface area contributed by atoms with Crippen LogP contribution in [0.3, 0.4) is 0 Å². The van der Waals surface area contributed by atoms with Gasteiger partial charge in [0, 0.05) is 35.8 Å². The molecule has 6 heteroatoms. The van der Waals surface area contributed by atoms with Crippen molar-refractivity contribution in [2.45, 2.75) is 19.5 Å². The quantitative estimate of drug-likeness (QED) is 0.552. The van der Waals surface area contributed by atoms with Gasteiger partial charge in [0.1, 0.15) is 18.2 Å². The molecule has 29 heavy (non-hydrogen) atoms. The number of amides is 1. The van der Waals surface area contributed by atoms with E-state index in [2.05, 4.69) is 6.07 Å².